The molecule has 0 fully saturated rings. The van der Waals surface area contributed by atoms with Gasteiger partial charge in [0.05, 0.1) is 7.05 Å². The highest BCUT2D eigenvalue weighted by atomic mass is 15.6. The summed E-state index contributed by atoms with van der Waals surface area (Å²) in [5, 5.41) is 32.9. The average molecular weight is 238 g/mol. The molecule has 12 nitrogen and oxygen atoms in total. The van der Waals surface area contributed by atoms with Crippen LogP contribution in [-0.2, 0) is 14.1 Å². The predicted octanol–water partition coefficient (Wildman–Crippen LogP) is -2.38. The van der Waals surface area contributed by atoms with E-state index in [-0.39, 0.29) is 0 Å². The lowest BCUT2D eigenvalue weighted by atomic mass is 11.2. The van der Waals surface area contributed by atoms with Crippen LogP contribution in [0.15, 0.2) is 19.0 Å². The van der Waals surface area contributed by atoms with E-state index in [1.807, 2.05) is 0 Å². The molecule has 3 aromatic heterocycles. The third-order valence-electron chi connectivity index (χ3n) is 1.17. The zero-order valence-corrected chi connectivity index (χ0v) is 9.15. The van der Waals surface area contributed by atoms with Crippen LogP contribution in [0.1, 0.15) is 0 Å². The number of nitrogens with zero attached hydrogens (tertiary/aromatic N) is 11. The Balaban J connectivity index is 0.000000128. The van der Waals surface area contributed by atoms with Crippen molar-refractivity contribution in [3.8, 4) is 0 Å². The van der Waals surface area contributed by atoms with Crippen molar-refractivity contribution in [2.24, 2.45) is 14.1 Å². The second-order valence-corrected chi connectivity index (χ2v) is 2.47. The first-order chi connectivity index (χ1) is 8.29. The van der Waals surface area contributed by atoms with Gasteiger partial charge < -0.3 is 0 Å². The molecule has 12 heteroatoms. The van der Waals surface area contributed by atoms with E-state index in [0.717, 1.165) is 0 Å². The van der Waals surface area contributed by atoms with Gasteiger partial charge in [0.1, 0.15) is 6.33 Å². The Morgan fingerprint density at radius 2 is 1.88 bits per heavy atom. The molecule has 0 saturated carbocycles. The Kier molecular flexibility index (Phi) is 5.41. The minimum atomic E-state index is 1.33. The molecule has 0 unspecified atom stereocenters. The van der Waals surface area contributed by atoms with Gasteiger partial charge in [0.15, 0.2) is 12.7 Å². The van der Waals surface area contributed by atoms with Crippen LogP contribution in [0.25, 0.3) is 0 Å². The minimum Gasteiger partial charge on any atom is -0.236 e. The lowest BCUT2D eigenvalue weighted by molar-refractivity contribution is 0.630. The standard InChI is InChI=1S/2C2H4N4.CH2N4/c1-6-2-3-4-5-6;1-6-4-2-3-5-6;1-2-4-5-3-1/h2*2H,1H3;1H,(H,2,3,4,5). The molecule has 3 aromatic rings. The van der Waals surface area contributed by atoms with E-state index >= 15 is 0 Å². The van der Waals surface area contributed by atoms with E-state index in [9.17, 15) is 0 Å². The monoisotopic (exact) mass is 238 g/mol. The predicted molar refractivity (Wildman–Crippen MR) is 51.8 cm³/mol. The summed E-state index contributed by atoms with van der Waals surface area (Å²) in [6, 6.07) is 0. The molecule has 0 radical (unpaired) electrons. The summed E-state index contributed by atoms with van der Waals surface area (Å²) in [6.07, 6.45) is 4.25. The molecule has 90 valence electrons. The van der Waals surface area contributed by atoms with Gasteiger partial charge in [-0.25, -0.2) is 4.68 Å². The maximum Gasteiger partial charge on any atom is 0.162 e. The average Bonchev–Trinajstić information content (AvgIpc) is 2.99. The molecule has 0 aliphatic heterocycles. The smallest absolute Gasteiger partial charge is 0.162 e. The van der Waals surface area contributed by atoms with Gasteiger partial charge in [-0.1, -0.05) is 5.21 Å². The van der Waals surface area contributed by atoms with Gasteiger partial charge in [-0.15, -0.1) is 25.5 Å². The van der Waals surface area contributed by atoms with Gasteiger partial charge in [-0.2, -0.15) is 10.0 Å². The van der Waals surface area contributed by atoms with Gasteiger partial charge in [-0.3, -0.25) is 0 Å². The number of aryl methyl sites for hydroxylation is 2. The van der Waals surface area contributed by atoms with Gasteiger partial charge in [0.25, 0.3) is 0 Å². The van der Waals surface area contributed by atoms with Gasteiger partial charge in [-0.05, 0) is 15.6 Å². The molecule has 1 N–H and O–H groups in total. The topological polar surface area (TPSA) is 142 Å². The highest BCUT2D eigenvalue weighted by Crippen LogP contribution is 1.58. The quantitative estimate of drug-likeness (QED) is 0.454. The molecule has 0 spiro atoms. The summed E-state index contributed by atoms with van der Waals surface area (Å²) in [6.45, 7) is 0. The van der Waals surface area contributed by atoms with Crippen molar-refractivity contribution in [2.75, 3.05) is 0 Å². The van der Waals surface area contributed by atoms with E-state index < -0.39 is 0 Å². The van der Waals surface area contributed by atoms with Crippen LogP contribution in [0.4, 0.5) is 0 Å². The molecule has 17 heavy (non-hydrogen) atoms. The lowest BCUT2D eigenvalue weighted by Gasteiger charge is -1.71. The molecule has 0 saturated heterocycles. The fourth-order valence-corrected chi connectivity index (χ4v) is 0.555. The van der Waals surface area contributed by atoms with Crippen LogP contribution < -0.4 is 0 Å². The summed E-state index contributed by atoms with van der Waals surface area (Å²) in [4.78, 5) is 1.39. The van der Waals surface area contributed by atoms with E-state index in [2.05, 4.69) is 51.6 Å². The first-order valence-electron chi connectivity index (χ1n) is 4.29. The highest BCUT2D eigenvalue weighted by Gasteiger charge is 1.73. The van der Waals surface area contributed by atoms with Crippen molar-refractivity contribution < 1.29 is 0 Å². The Labute approximate surface area is 95.0 Å². The normalized spacial score (nSPS) is 8.59. The molecule has 0 atom stereocenters. The van der Waals surface area contributed by atoms with Crippen LogP contribution in [0, 0.1) is 0 Å². The molecule has 0 bridgehead atoms. The number of H-pyrrole nitrogens is 1. The molecule has 0 amide bonds. The molecular weight excluding hydrogens is 228 g/mol. The van der Waals surface area contributed by atoms with Crippen LogP contribution >= 0.6 is 0 Å². The van der Waals surface area contributed by atoms with Crippen molar-refractivity contribution in [1.82, 2.24) is 61.0 Å². The second kappa shape index (κ2) is 7.49. The number of hydrogen-bond acceptors (Lipinski definition) is 9. The Morgan fingerprint density at radius 3 is 2.06 bits per heavy atom. The summed E-state index contributed by atoms with van der Waals surface area (Å²) < 4.78 is 1.53. The molecule has 0 aliphatic carbocycles. The summed E-state index contributed by atoms with van der Waals surface area (Å²) in [5.74, 6) is 0. The third kappa shape index (κ3) is 6.32. The van der Waals surface area contributed by atoms with E-state index in [4.69, 9.17) is 0 Å². The number of nitrogens with one attached hydrogen (secondary N) is 1. The summed E-state index contributed by atoms with van der Waals surface area (Å²) in [5.41, 5.74) is 0. The lowest BCUT2D eigenvalue weighted by Crippen LogP contribution is -1.90. The van der Waals surface area contributed by atoms with Crippen molar-refractivity contribution in [2.45, 2.75) is 0 Å². The van der Waals surface area contributed by atoms with Crippen LogP contribution in [0.5, 0.6) is 0 Å². The number of hydrogen-bond donors (Lipinski definition) is 1. The number of rotatable bonds is 0. The van der Waals surface area contributed by atoms with Crippen LogP contribution in [-0.4, -0.2) is 61.0 Å². The zero-order chi connectivity index (χ0) is 12.3. The highest BCUT2D eigenvalue weighted by molar-refractivity contribution is 4.35. The van der Waals surface area contributed by atoms with Crippen molar-refractivity contribution >= 4 is 0 Å². The Morgan fingerprint density at radius 1 is 1.00 bits per heavy atom. The van der Waals surface area contributed by atoms with Crippen molar-refractivity contribution in [3.63, 3.8) is 0 Å². The Hall–Kier alpha value is -2.79. The van der Waals surface area contributed by atoms with Gasteiger partial charge in [0, 0.05) is 7.05 Å². The first kappa shape index (κ1) is 12.3. The maximum atomic E-state index is 3.61. The van der Waals surface area contributed by atoms with Crippen molar-refractivity contribution in [3.05, 3.63) is 19.0 Å². The summed E-state index contributed by atoms with van der Waals surface area (Å²) >= 11 is 0. The largest absolute Gasteiger partial charge is 0.236 e. The van der Waals surface area contributed by atoms with Crippen LogP contribution in [0.2, 0.25) is 0 Å². The van der Waals surface area contributed by atoms with E-state index in [1.165, 1.54) is 28.5 Å². The first-order valence-corrected chi connectivity index (χ1v) is 4.29. The second-order valence-electron chi connectivity index (χ2n) is 2.47. The molecule has 3 rings (SSSR count). The third-order valence-corrected chi connectivity index (χ3v) is 1.17. The van der Waals surface area contributed by atoms with Crippen LogP contribution in [0.3, 0.4) is 0 Å². The van der Waals surface area contributed by atoms with Gasteiger partial charge in [0.2, 0.25) is 0 Å². The summed E-state index contributed by atoms with van der Waals surface area (Å²) in [7, 11) is 3.48. The fraction of sp³-hybridized carbons (Fsp3) is 0.400. The number of aromatic amines is 1. The molecule has 3 heterocycles. The minimum absolute atomic E-state index is 1.33. The molecule has 0 aliphatic rings. The number of tetrazole rings is 3. The zero-order valence-electron chi connectivity index (χ0n) is 9.15. The maximum absolute atomic E-state index is 3.61. The molecular formula is C5H10N12. The number of aromatic nitrogens is 12. The molecule has 0 aromatic carbocycles. The van der Waals surface area contributed by atoms with Gasteiger partial charge >= 0.3 is 0 Å². The van der Waals surface area contributed by atoms with Crippen molar-refractivity contribution in [1.29, 1.82) is 0 Å². The SMILES string of the molecule is Cn1cnnn1.Cn1ncnn1.c1nn[nH]n1. The Bertz CT molecular complexity index is 390. The van der Waals surface area contributed by atoms with E-state index in [0.29, 0.717) is 0 Å². The van der Waals surface area contributed by atoms with E-state index in [1.54, 1.807) is 14.1 Å². The fourth-order valence-electron chi connectivity index (χ4n) is 0.555.